The van der Waals surface area contributed by atoms with Gasteiger partial charge in [-0.1, -0.05) is 48.5 Å². The topological polar surface area (TPSA) is 34.1 Å². The fourth-order valence-electron chi connectivity index (χ4n) is 2.05. The van der Waals surface area contributed by atoms with Crippen LogP contribution >= 0.6 is 0 Å². The monoisotopic (exact) mass is 286 g/mol. The van der Waals surface area contributed by atoms with Gasteiger partial charge in [0.15, 0.2) is 5.78 Å². The lowest BCUT2D eigenvalue weighted by Gasteiger charge is -2.05. The van der Waals surface area contributed by atoms with Crippen LogP contribution in [0.15, 0.2) is 59.5 Å². The summed E-state index contributed by atoms with van der Waals surface area (Å²) in [5, 5.41) is 0. The van der Waals surface area contributed by atoms with E-state index in [4.69, 9.17) is 0 Å². The number of Topliss-reactive ketones (excluding diaryl/α,β-unsaturated/α-hetero) is 1. The van der Waals surface area contributed by atoms with Crippen LogP contribution in [0, 0.1) is 6.92 Å². The molecule has 0 heterocycles. The van der Waals surface area contributed by atoms with Crippen LogP contribution < -0.4 is 0 Å². The normalized spacial score (nSPS) is 12.1. The first-order chi connectivity index (χ1) is 9.68. The predicted octanol–water partition coefficient (Wildman–Crippen LogP) is 3.77. The molecule has 1 unspecified atom stereocenters. The Balaban J connectivity index is 1.86. The van der Waals surface area contributed by atoms with Crippen LogP contribution in [0.25, 0.3) is 0 Å². The highest BCUT2D eigenvalue weighted by atomic mass is 32.2. The Labute approximate surface area is 122 Å². The fourth-order valence-corrected chi connectivity index (χ4v) is 3.34. The van der Waals surface area contributed by atoms with Gasteiger partial charge in [0.05, 0.1) is 10.8 Å². The van der Waals surface area contributed by atoms with Crippen LogP contribution in [-0.4, -0.2) is 15.7 Å². The van der Waals surface area contributed by atoms with Gasteiger partial charge in [0.2, 0.25) is 0 Å². The number of carbonyl (C=O) groups excluding carboxylic acids is 1. The third kappa shape index (κ3) is 3.87. The van der Waals surface area contributed by atoms with Crippen molar-refractivity contribution in [2.45, 2.75) is 24.7 Å². The average molecular weight is 286 g/mol. The summed E-state index contributed by atoms with van der Waals surface area (Å²) in [6.45, 7) is 1.96. The fraction of sp³-hybridized carbons (Fsp3) is 0.235. The molecule has 0 bridgehead atoms. The van der Waals surface area contributed by atoms with Crippen LogP contribution in [0.4, 0.5) is 0 Å². The maximum Gasteiger partial charge on any atom is 0.162 e. The Kier molecular flexibility index (Phi) is 5.24. The van der Waals surface area contributed by atoms with Crippen molar-refractivity contribution in [2.75, 3.05) is 5.75 Å². The molecule has 2 aromatic rings. The quantitative estimate of drug-likeness (QED) is 0.758. The highest BCUT2D eigenvalue weighted by Crippen LogP contribution is 2.14. The minimum Gasteiger partial charge on any atom is -0.294 e. The smallest absolute Gasteiger partial charge is 0.162 e. The molecular weight excluding hydrogens is 268 g/mol. The van der Waals surface area contributed by atoms with Crippen LogP contribution in [0.1, 0.15) is 28.8 Å². The largest absolute Gasteiger partial charge is 0.294 e. The van der Waals surface area contributed by atoms with E-state index in [1.54, 1.807) is 0 Å². The van der Waals surface area contributed by atoms with Crippen molar-refractivity contribution in [3.8, 4) is 0 Å². The Morgan fingerprint density at radius 1 is 1.00 bits per heavy atom. The molecule has 0 aliphatic rings. The zero-order valence-corrected chi connectivity index (χ0v) is 12.4. The molecule has 0 aliphatic heterocycles. The van der Waals surface area contributed by atoms with Gasteiger partial charge >= 0.3 is 0 Å². The Bertz CT molecular complexity index is 605. The van der Waals surface area contributed by atoms with Crippen LogP contribution in [0.5, 0.6) is 0 Å². The van der Waals surface area contributed by atoms with E-state index in [-0.39, 0.29) is 5.78 Å². The van der Waals surface area contributed by atoms with E-state index in [2.05, 4.69) is 0 Å². The zero-order valence-electron chi connectivity index (χ0n) is 11.5. The average Bonchev–Trinajstić information content (AvgIpc) is 2.48. The van der Waals surface area contributed by atoms with Gasteiger partial charge < -0.3 is 0 Å². The van der Waals surface area contributed by atoms with Gasteiger partial charge in [-0.3, -0.25) is 9.00 Å². The Morgan fingerprint density at radius 3 is 2.35 bits per heavy atom. The molecule has 0 aromatic heterocycles. The first kappa shape index (κ1) is 14.7. The molecule has 0 aliphatic carbocycles. The second-order valence-electron chi connectivity index (χ2n) is 4.71. The molecule has 20 heavy (non-hydrogen) atoms. The highest BCUT2D eigenvalue weighted by molar-refractivity contribution is 7.85. The minimum absolute atomic E-state index is 0.118. The lowest BCUT2D eigenvalue weighted by Crippen LogP contribution is -2.04. The Morgan fingerprint density at radius 2 is 1.65 bits per heavy atom. The minimum atomic E-state index is -1.02. The van der Waals surface area contributed by atoms with Crippen molar-refractivity contribution in [1.82, 2.24) is 0 Å². The summed E-state index contributed by atoms with van der Waals surface area (Å²) < 4.78 is 12.2. The van der Waals surface area contributed by atoms with Crippen molar-refractivity contribution < 1.29 is 9.00 Å². The number of rotatable bonds is 6. The van der Waals surface area contributed by atoms with Crippen molar-refractivity contribution in [3.05, 3.63) is 65.7 Å². The van der Waals surface area contributed by atoms with E-state index in [0.717, 1.165) is 16.0 Å². The zero-order chi connectivity index (χ0) is 14.4. The molecule has 2 nitrogen and oxygen atoms in total. The second-order valence-corrected chi connectivity index (χ2v) is 6.25. The maximum absolute atomic E-state index is 12.2. The molecule has 0 fully saturated rings. The first-order valence-electron chi connectivity index (χ1n) is 6.71. The van der Waals surface area contributed by atoms with Gasteiger partial charge in [0.25, 0.3) is 0 Å². The van der Waals surface area contributed by atoms with E-state index in [1.807, 2.05) is 61.5 Å². The molecule has 2 rings (SSSR count). The summed E-state index contributed by atoms with van der Waals surface area (Å²) in [5.41, 5.74) is 1.77. The van der Waals surface area contributed by atoms with Gasteiger partial charge in [0.1, 0.15) is 0 Å². The molecule has 1 atom stereocenters. The molecule has 3 heteroatoms. The summed E-state index contributed by atoms with van der Waals surface area (Å²) in [6, 6.07) is 16.9. The van der Waals surface area contributed by atoms with Gasteiger partial charge in [-0.05, 0) is 25.0 Å². The standard InChI is InChI=1S/C17H18O2S/c1-14-8-5-6-12-17(14)20(19)13-7-11-16(18)15-9-3-2-4-10-15/h2-6,8-10,12H,7,11,13H2,1H3. The van der Waals surface area contributed by atoms with E-state index in [1.165, 1.54) is 0 Å². The highest BCUT2D eigenvalue weighted by Gasteiger charge is 2.09. The maximum atomic E-state index is 12.2. The van der Waals surface area contributed by atoms with Crippen LogP contribution in [0.2, 0.25) is 0 Å². The predicted molar refractivity (Wildman–Crippen MR) is 82.5 cm³/mol. The number of hydrogen-bond acceptors (Lipinski definition) is 2. The van der Waals surface area contributed by atoms with Crippen molar-refractivity contribution in [2.24, 2.45) is 0 Å². The number of carbonyl (C=O) groups is 1. The second kappa shape index (κ2) is 7.15. The van der Waals surface area contributed by atoms with E-state index in [0.29, 0.717) is 18.6 Å². The third-order valence-corrected chi connectivity index (χ3v) is 4.78. The van der Waals surface area contributed by atoms with Crippen molar-refractivity contribution in [1.29, 1.82) is 0 Å². The molecule has 0 N–H and O–H groups in total. The van der Waals surface area contributed by atoms with Gasteiger partial charge in [-0.2, -0.15) is 0 Å². The molecule has 0 saturated heterocycles. The Hall–Kier alpha value is -1.74. The summed E-state index contributed by atoms with van der Waals surface area (Å²) in [7, 11) is -1.02. The number of aryl methyl sites for hydroxylation is 1. The third-order valence-electron chi connectivity index (χ3n) is 3.17. The lowest BCUT2D eigenvalue weighted by atomic mass is 10.1. The van der Waals surface area contributed by atoms with Crippen LogP contribution in [-0.2, 0) is 10.8 Å². The summed E-state index contributed by atoms with van der Waals surface area (Å²) in [4.78, 5) is 12.8. The molecule has 0 spiro atoms. The van der Waals surface area contributed by atoms with Crippen molar-refractivity contribution >= 4 is 16.6 Å². The summed E-state index contributed by atoms with van der Waals surface area (Å²) >= 11 is 0. The first-order valence-corrected chi connectivity index (χ1v) is 8.02. The van der Waals surface area contributed by atoms with Gasteiger partial charge in [-0.25, -0.2) is 0 Å². The molecule has 0 saturated carbocycles. The molecule has 0 amide bonds. The number of benzene rings is 2. The molecule has 104 valence electrons. The van der Waals surface area contributed by atoms with E-state index < -0.39 is 10.8 Å². The molecule has 2 aromatic carbocycles. The van der Waals surface area contributed by atoms with Crippen LogP contribution in [0.3, 0.4) is 0 Å². The summed E-state index contributed by atoms with van der Waals surface area (Å²) in [6.07, 6.45) is 1.09. The van der Waals surface area contributed by atoms with Gasteiger partial charge in [0, 0.05) is 22.6 Å². The van der Waals surface area contributed by atoms with E-state index in [9.17, 15) is 9.00 Å². The number of hydrogen-bond donors (Lipinski definition) is 0. The van der Waals surface area contributed by atoms with E-state index >= 15 is 0 Å². The van der Waals surface area contributed by atoms with Gasteiger partial charge in [-0.15, -0.1) is 0 Å². The molecular formula is C17H18O2S. The lowest BCUT2D eigenvalue weighted by molar-refractivity contribution is 0.0982. The van der Waals surface area contributed by atoms with Crippen molar-refractivity contribution in [3.63, 3.8) is 0 Å². The summed E-state index contributed by atoms with van der Waals surface area (Å²) in [5.74, 6) is 0.649. The molecule has 0 radical (unpaired) electrons. The SMILES string of the molecule is Cc1ccccc1S(=O)CCCC(=O)c1ccccc1. The number of ketones is 1.